The third-order valence-corrected chi connectivity index (χ3v) is 9.12. The molecule has 1 saturated carbocycles. The quantitative estimate of drug-likeness (QED) is 0.278. The Bertz CT molecular complexity index is 1370. The Hall–Kier alpha value is -2.88. The fourth-order valence-electron chi connectivity index (χ4n) is 4.84. The lowest BCUT2D eigenvalue weighted by Crippen LogP contribution is -2.36. The second-order valence-electron chi connectivity index (χ2n) is 8.74. The predicted octanol–water partition coefficient (Wildman–Crippen LogP) is 5.45. The molecule has 2 aliphatic carbocycles. The van der Waals surface area contributed by atoms with Crippen LogP contribution < -0.4 is 10.6 Å². The number of halogens is 1. The number of nitrogens with one attached hydrogen (secondary N) is 2. The van der Waals surface area contributed by atoms with Crippen molar-refractivity contribution in [2.45, 2.75) is 17.7 Å². The number of aliphatic carboxylic acids is 1. The van der Waals surface area contributed by atoms with Gasteiger partial charge in [0.05, 0.1) is 27.8 Å². The zero-order valence-corrected chi connectivity index (χ0v) is 21.0. The van der Waals surface area contributed by atoms with Crippen LogP contribution in [0.5, 0.6) is 0 Å². The number of amides is 2. The standard InChI is InChI=1S/C25H22ClN3O4S2/c1-12-16(26)3-2-4-17(12)28-20(30)11-34-25-29-18-8-7-15(10-19(18)35-25)27-23(31)21-13-5-6-14(9-13)22(21)24(32)33/h2-8,10,13-14,21-22H,9,11H2,1H3,(H,27,31)(H,28,30)(H,32,33)/t13-,14-,21-,22+/m0/s1. The van der Waals surface area contributed by atoms with Crippen LogP contribution in [-0.4, -0.2) is 33.6 Å². The highest BCUT2D eigenvalue weighted by atomic mass is 35.5. The van der Waals surface area contributed by atoms with E-state index in [-0.39, 0.29) is 29.4 Å². The summed E-state index contributed by atoms with van der Waals surface area (Å²) in [4.78, 5) is 41.6. The van der Waals surface area contributed by atoms with E-state index in [1.165, 1.54) is 23.1 Å². The number of aromatic nitrogens is 1. The van der Waals surface area contributed by atoms with E-state index < -0.39 is 17.8 Å². The summed E-state index contributed by atoms with van der Waals surface area (Å²) in [7, 11) is 0. The second kappa shape index (κ2) is 9.64. The van der Waals surface area contributed by atoms with Gasteiger partial charge in [0.2, 0.25) is 11.8 Å². The van der Waals surface area contributed by atoms with Gasteiger partial charge in [-0.05, 0) is 61.1 Å². The number of hydrogen-bond acceptors (Lipinski definition) is 6. The molecule has 2 bridgehead atoms. The van der Waals surface area contributed by atoms with Gasteiger partial charge in [-0.1, -0.05) is 41.6 Å². The molecule has 3 aromatic rings. The highest BCUT2D eigenvalue weighted by Gasteiger charge is 2.51. The van der Waals surface area contributed by atoms with E-state index in [4.69, 9.17) is 11.6 Å². The molecule has 7 nitrogen and oxygen atoms in total. The highest BCUT2D eigenvalue weighted by Crippen LogP contribution is 2.48. The third-order valence-electron chi connectivity index (χ3n) is 6.55. The van der Waals surface area contributed by atoms with Crippen molar-refractivity contribution in [2.24, 2.45) is 23.7 Å². The number of hydrogen-bond donors (Lipinski definition) is 3. The second-order valence-corrected chi connectivity index (χ2v) is 11.4. The first-order chi connectivity index (χ1) is 16.8. The van der Waals surface area contributed by atoms with Gasteiger partial charge >= 0.3 is 5.97 Å². The van der Waals surface area contributed by atoms with Crippen LogP contribution in [0.2, 0.25) is 5.02 Å². The number of allylic oxidation sites excluding steroid dienone is 2. The Morgan fingerprint density at radius 2 is 1.91 bits per heavy atom. The van der Waals surface area contributed by atoms with Gasteiger partial charge in [-0.25, -0.2) is 4.98 Å². The van der Waals surface area contributed by atoms with Gasteiger partial charge in [0, 0.05) is 16.4 Å². The van der Waals surface area contributed by atoms with Gasteiger partial charge in [-0.3, -0.25) is 14.4 Å². The van der Waals surface area contributed by atoms with Crippen molar-refractivity contribution in [2.75, 3.05) is 16.4 Å². The number of thiazole rings is 1. The Labute approximate surface area is 215 Å². The van der Waals surface area contributed by atoms with Gasteiger partial charge in [0.15, 0.2) is 4.34 Å². The Balaban J connectivity index is 1.23. The summed E-state index contributed by atoms with van der Waals surface area (Å²) in [5.41, 5.74) is 2.88. The molecule has 4 atom stereocenters. The SMILES string of the molecule is Cc1c(Cl)cccc1NC(=O)CSc1nc2ccc(NC(=O)[C@@H]3[C@H](C(=O)O)[C@H]4C=C[C@H]3C4)cc2s1. The zero-order valence-electron chi connectivity index (χ0n) is 18.7. The summed E-state index contributed by atoms with van der Waals surface area (Å²) in [6, 6.07) is 10.8. The third kappa shape index (κ3) is 4.80. The van der Waals surface area contributed by atoms with Crippen LogP contribution in [0.1, 0.15) is 12.0 Å². The number of thioether (sulfide) groups is 1. The molecule has 1 fully saturated rings. The number of anilines is 2. The van der Waals surface area contributed by atoms with E-state index in [1.807, 2.05) is 37.3 Å². The molecule has 0 aliphatic heterocycles. The van der Waals surface area contributed by atoms with Crippen LogP contribution in [0, 0.1) is 30.6 Å². The smallest absolute Gasteiger partial charge is 0.307 e. The lowest BCUT2D eigenvalue weighted by Gasteiger charge is -2.23. The topological polar surface area (TPSA) is 108 Å². The molecule has 10 heteroatoms. The minimum atomic E-state index is -0.920. The Morgan fingerprint density at radius 1 is 1.14 bits per heavy atom. The lowest BCUT2D eigenvalue weighted by atomic mass is 9.82. The average Bonchev–Trinajstić information content (AvgIpc) is 3.54. The average molecular weight is 528 g/mol. The van der Waals surface area contributed by atoms with Crippen molar-refractivity contribution >= 4 is 74.1 Å². The van der Waals surface area contributed by atoms with E-state index in [0.29, 0.717) is 22.8 Å². The Morgan fingerprint density at radius 3 is 2.69 bits per heavy atom. The summed E-state index contributed by atoms with van der Waals surface area (Å²) >= 11 is 8.89. The van der Waals surface area contributed by atoms with E-state index in [1.54, 1.807) is 18.2 Å². The monoisotopic (exact) mass is 527 g/mol. The molecule has 2 amide bonds. The molecule has 5 rings (SSSR count). The maximum absolute atomic E-state index is 13.0. The first-order valence-corrected chi connectivity index (χ1v) is 13.3. The van der Waals surface area contributed by atoms with Gasteiger partial charge in [-0.2, -0.15) is 0 Å². The van der Waals surface area contributed by atoms with Gasteiger partial charge in [0.25, 0.3) is 0 Å². The van der Waals surface area contributed by atoms with Crippen molar-refractivity contribution in [1.29, 1.82) is 0 Å². The number of rotatable bonds is 7. The van der Waals surface area contributed by atoms with Crippen LogP contribution in [0.3, 0.4) is 0 Å². The molecular weight excluding hydrogens is 506 g/mol. The lowest BCUT2D eigenvalue weighted by molar-refractivity contribution is -0.146. The molecule has 1 heterocycles. The maximum atomic E-state index is 13.0. The van der Waals surface area contributed by atoms with Gasteiger partial charge < -0.3 is 15.7 Å². The van der Waals surface area contributed by atoms with Crippen molar-refractivity contribution < 1.29 is 19.5 Å². The molecule has 3 N–H and O–H groups in total. The fourth-order valence-corrected chi connectivity index (χ4v) is 6.92. The summed E-state index contributed by atoms with van der Waals surface area (Å²) in [5.74, 6) is -2.48. The molecule has 2 aliphatic rings. The molecule has 0 radical (unpaired) electrons. The van der Waals surface area contributed by atoms with Crippen molar-refractivity contribution in [3.63, 3.8) is 0 Å². The predicted molar refractivity (Wildman–Crippen MR) is 139 cm³/mol. The molecule has 180 valence electrons. The molecule has 0 unspecified atom stereocenters. The summed E-state index contributed by atoms with van der Waals surface area (Å²) in [6.07, 6.45) is 4.61. The Kier molecular flexibility index (Phi) is 6.57. The molecule has 0 saturated heterocycles. The number of carboxylic acid groups (broad SMARTS) is 1. The van der Waals surface area contributed by atoms with Gasteiger partial charge in [-0.15, -0.1) is 11.3 Å². The number of nitrogens with zero attached hydrogens (tertiary/aromatic N) is 1. The normalized spacial score (nSPS) is 22.5. The van der Waals surface area contributed by atoms with Crippen molar-refractivity contribution in [3.8, 4) is 0 Å². The molecule has 0 spiro atoms. The molecule has 1 aromatic heterocycles. The van der Waals surface area contributed by atoms with Crippen LogP contribution in [0.4, 0.5) is 11.4 Å². The van der Waals surface area contributed by atoms with Crippen molar-refractivity contribution in [1.82, 2.24) is 4.98 Å². The largest absolute Gasteiger partial charge is 0.481 e. The first kappa shape index (κ1) is 23.8. The number of fused-ring (bicyclic) bond motifs is 3. The van der Waals surface area contributed by atoms with E-state index in [0.717, 1.165) is 20.1 Å². The highest BCUT2D eigenvalue weighted by molar-refractivity contribution is 8.01. The van der Waals surface area contributed by atoms with Crippen LogP contribution in [0.15, 0.2) is 52.9 Å². The molecular formula is C25H22ClN3O4S2. The number of benzene rings is 2. The van der Waals surface area contributed by atoms with Gasteiger partial charge in [0.1, 0.15) is 0 Å². The maximum Gasteiger partial charge on any atom is 0.307 e. The molecule has 2 aromatic carbocycles. The minimum Gasteiger partial charge on any atom is -0.481 e. The number of carbonyl (C=O) groups excluding carboxylic acids is 2. The van der Waals surface area contributed by atoms with E-state index in [2.05, 4.69) is 15.6 Å². The number of carboxylic acids is 1. The first-order valence-electron chi connectivity index (χ1n) is 11.1. The summed E-state index contributed by atoms with van der Waals surface area (Å²) in [6.45, 7) is 1.85. The van der Waals surface area contributed by atoms with Crippen LogP contribution in [-0.2, 0) is 14.4 Å². The summed E-state index contributed by atoms with van der Waals surface area (Å²) < 4.78 is 1.62. The minimum absolute atomic E-state index is 0.0296. The number of carbonyl (C=O) groups is 3. The molecule has 35 heavy (non-hydrogen) atoms. The summed E-state index contributed by atoms with van der Waals surface area (Å²) in [5, 5.41) is 16.0. The van der Waals surface area contributed by atoms with Crippen LogP contribution >= 0.6 is 34.7 Å². The van der Waals surface area contributed by atoms with Crippen LogP contribution in [0.25, 0.3) is 10.2 Å². The zero-order chi connectivity index (χ0) is 24.7. The van der Waals surface area contributed by atoms with E-state index in [9.17, 15) is 19.5 Å². The van der Waals surface area contributed by atoms with Crippen molar-refractivity contribution in [3.05, 3.63) is 59.1 Å². The van der Waals surface area contributed by atoms with E-state index >= 15 is 0 Å². The fraction of sp³-hybridized carbons (Fsp3) is 0.280.